The van der Waals surface area contributed by atoms with E-state index < -0.39 is 5.82 Å². The van der Waals surface area contributed by atoms with E-state index in [2.05, 4.69) is 5.32 Å². The summed E-state index contributed by atoms with van der Waals surface area (Å²) < 4.78 is 18.8. The summed E-state index contributed by atoms with van der Waals surface area (Å²) in [5, 5.41) is 12.6. The molecule has 2 amide bonds. The predicted molar refractivity (Wildman–Crippen MR) is 87.2 cm³/mol. The number of nitrogens with zero attached hydrogens (tertiary/aromatic N) is 1. The molecular formula is C17H25FN2O3. The predicted octanol–water partition coefficient (Wildman–Crippen LogP) is 3.24. The van der Waals surface area contributed by atoms with Gasteiger partial charge in [-0.3, -0.25) is 0 Å². The first-order chi connectivity index (χ1) is 11.0. The van der Waals surface area contributed by atoms with E-state index >= 15 is 0 Å². The Kier molecular flexibility index (Phi) is 6.21. The van der Waals surface area contributed by atoms with Gasteiger partial charge in [0.25, 0.3) is 0 Å². The second kappa shape index (κ2) is 8.15. The van der Waals surface area contributed by atoms with Crippen LogP contribution in [0.5, 0.6) is 5.75 Å². The molecule has 23 heavy (non-hydrogen) atoms. The summed E-state index contributed by atoms with van der Waals surface area (Å²) in [6.07, 6.45) is 3.18. The van der Waals surface area contributed by atoms with Gasteiger partial charge in [-0.2, -0.15) is 0 Å². The van der Waals surface area contributed by atoms with Gasteiger partial charge in [-0.25, -0.2) is 9.18 Å². The fourth-order valence-corrected chi connectivity index (χ4v) is 2.81. The lowest BCUT2D eigenvalue weighted by molar-refractivity contribution is 0.116. The Morgan fingerprint density at radius 2 is 2.26 bits per heavy atom. The Balaban J connectivity index is 1.98. The monoisotopic (exact) mass is 324 g/mol. The van der Waals surface area contributed by atoms with E-state index in [1.54, 1.807) is 11.9 Å². The summed E-state index contributed by atoms with van der Waals surface area (Å²) >= 11 is 0. The van der Waals surface area contributed by atoms with Gasteiger partial charge in [0.05, 0.1) is 18.4 Å². The average Bonchev–Trinajstić information content (AvgIpc) is 2.92. The third-order valence-corrected chi connectivity index (χ3v) is 4.12. The summed E-state index contributed by atoms with van der Waals surface area (Å²) in [6, 6.07) is 3.76. The van der Waals surface area contributed by atoms with Crippen LogP contribution in [0.4, 0.5) is 14.9 Å². The Bertz CT molecular complexity index is 539. The quantitative estimate of drug-likeness (QED) is 0.844. The molecule has 1 aliphatic carbocycles. The number of ether oxygens (including phenoxy) is 1. The Labute approximate surface area is 136 Å². The SMILES string of the molecule is CCCOc1cc(F)ccc1NC(=O)N(C)CC1CCCC1O. The summed E-state index contributed by atoms with van der Waals surface area (Å²) in [7, 11) is 1.69. The number of rotatable bonds is 6. The Morgan fingerprint density at radius 3 is 2.91 bits per heavy atom. The second-order valence-corrected chi connectivity index (χ2v) is 6.06. The maximum Gasteiger partial charge on any atom is 0.321 e. The molecule has 0 radical (unpaired) electrons. The number of carbonyl (C=O) groups is 1. The van der Waals surface area contributed by atoms with E-state index in [1.807, 2.05) is 6.92 Å². The lowest BCUT2D eigenvalue weighted by atomic mass is 10.1. The molecule has 5 nitrogen and oxygen atoms in total. The molecule has 6 heteroatoms. The topological polar surface area (TPSA) is 61.8 Å². The van der Waals surface area contributed by atoms with Crippen molar-refractivity contribution >= 4 is 11.7 Å². The number of hydrogen-bond donors (Lipinski definition) is 2. The van der Waals surface area contributed by atoms with Crippen molar-refractivity contribution < 1.29 is 19.0 Å². The lowest BCUT2D eigenvalue weighted by Gasteiger charge is -2.24. The molecule has 0 spiro atoms. The van der Waals surface area contributed by atoms with Crippen LogP contribution in [-0.4, -0.2) is 42.3 Å². The van der Waals surface area contributed by atoms with E-state index in [1.165, 1.54) is 18.2 Å². The van der Waals surface area contributed by atoms with Crippen LogP contribution >= 0.6 is 0 Å². The van der Waals surface area contributed by atoms with Gasteiger partial charge < -0.3 is 20.1 Å². The highest BCUT2D eigenvalue weighted by Crippen LogP contribution is 2.28. The van der Waals surface area contributed by atoms with Crippen molar-refractivity contribution in [3.8, 4) is 5.75 Å². The Hall–Kier alpha value is -1.82. The molecular weight excluding hydrogens is 299 g/mol. The van der Waals surface area contributed by atoms with Crippen LogP contribution in [-0.2, 0) is 0 Å². The maximum absolute atomic E-state index is 13.4. The van der Waals surface area contributed by atoms with Crippen molar-refractivity contribution in [2.24, 2.45) is 5.92 Å². The number of halogens is 1. The van der Waals surface area contributed by atoms with Crippen LogP contribution in [0.15, 0.2) is 18.2 Å². The van der Waals surface area contributed by atoms with E-state index in [0.717, 1.165) is 25.7 Å². The van der Waals surface area contributed by atoms with Gasteiger partial charge in [0, 0.05) is 25.6 Å². The minimum Gasteiger partial charge on any atom is -0.491 e. The van der Waals surface area contributed by atoms with Gasteiger partial charge in [0.2, 0.25) is 0 Å². The molecule has 2 N–H and O–H groups in total. The summed E-state index contributed by atoms with van der Waals surface area (Å²) in [5.74, 6) is 0.0424. The van der Waals surface area contributed by atoms with E-state index in [9.17, 15) is 14.3 Å². The van der Waals surface area contributed by atoms with Gasteiger partial charge >= 0.3 is 6.03 Å². The highest BCUT2D eigenvalue weighted by Gasteiger charge is 2.27. The van der Waals surface area contributed by atoms with Gasteiger partial charge in [-0.05, 0) is 31.4 Å². The first-order valence-electron chi connectivity index (χ1n) is 8.13. The first kappa shape index (κ1) is 17.5. The maximum atomic E-state index is 13.4. The number of aliphatic hydroxyl groups excluding tert-OH is 1. The standard InChI is InChI=1S/C17H25FN2O3/c1-3-9-23-16-10-13(18)7-8-14(16)19-17(22)20(2)11-12-5-4-6-15(12)21/h7-8,10,12,15,21H,3-6,9,11H2,1-2H3,(H,19,22). The zero-order valence-corrected chi connectivity index (χ0v) is 13.7. The molecule has 0 bridgehead atoms. The van der Waals surface area contributed by atoms with Crippen molar-refractivity contribution in [3.05, 3.63) is 24.0 Å². The molecule has 1 aliphatic rings. The third kappa shape index (κ3) is 4.82. The zero-order chi connectivity index (χ0) is 16.8. The highest BCUT2D eigenvalue weighted by molar-refractivity contribution is 5.90. The zero-order valence-electron chi connectivity index (χ0n) is 13.7. The smallest absolute Gasteiger partial charge is 0.321 e. The minimum absolute atomic E-state index is 0.120. The van der Waals surface area contributed by atoms with Crippen molar-refractivity contribution in [2.75, 3.05) is 25.5 Å². The fourth-order valence-electron chi connectivity index (χ4n) is 2.81. The molecule has 2 atom stereocenters. The molecule has 1 aromatic carbocycles. The molecule has 128 valence electrons. The molecule has 0 aromatic heterocycles. The molecule has 1 fully saturated rings. The van der Waals surface area contributed by atoms with Gasteiger partial charge in [0.15, 0.2) is 0 Å². The van der Waals surface area contributed by atoms with E-state index in [-0.39, 0.29) is 18.1 Å². The van der Waals surface area contributed by atoms with Gasteiger partial charge in [-0.15, -0.1) is 0 Å². The van der Waals surface area contributed by atoms with Crippen molar-refractivity contribution in [1.29, 1.82) is 0 Å². The highest BCUT2D eigenvalue weighted by atomic mass is 19.1. The molecule has 0 aliphatic heterocycles. The molecule has 0 saturated heterocycles. The van der Waals surface area contributed by atoms with Gasteiger partial charge in [0.1, 0.15) is 11.6 Å². The molecule has 0 heterocycles. The van der Waals surface area contributed by atoms with Crippen molar-refractivity contribution in [3.63, 3.8) is 0 Å². The van der Waals surface area contributed by atoms with Crippen LogP contribution in [0.1, 0.15) is 32.6 Å². The van der Waals surface area contributed by atoms with Gasteiger partial charge in [-0.1, -0.05) is 13.3 Å². The van der Waals surface area contributed by atoms with Crippen molar-refractivity contribution in [2.45, 2.75) is 38.7 Å². The minimum atomic E-state index is -0.406. The van der Waals surface area contributed by atoms with Crippen LogP contribution in [0.3, 0.4) is 0 Å². The average molecular weight is 324 g/mol. The summed E-state index contributed by atoms with van der Waals surface area (Å²) in [4.78, 5) is 13.8. The number of nitrogens with one attached hydrogen (secondary N) is 1. The largest absolute Gasteiger partial charge is 0.491 e. The molecule has 1 saturated carbocycles. The van der Waals surface area contributed by atoms with Crippen LogP contribution in [0.25, 0.3) is 0 Å². The number of anilines is 1. The molecule has 1 aromatic rings. The van der Waals surface area contributed by atoms with Crippen LogP contribution in [0, 0.1) is 11.7 Å². The third-order valence-electron chi connectivity index (χ3n) is 4.12. The number of benzene rings is 1. The first-order valence-corrected chi connectivity index (χ1v) is 8.13. The number of amides is 2. The fraction of sp³-hybridized carbons (Fsp3) is 0.588. The molecule has 2 rings (SSSR count). The number of carbonyl (C=O) groups excluding carboxylic acids is 1. The lowest BCUT2D eigenvalue weighted by Crippen LogP contribution is -2.37. The van der Waals surface area contributed by atoms with Crippen LogP contribution in [0.2, 0.25) is 0 Å². The van der Waals surface area contributed by atoms with E-state index in [4.69, 9.17) is 4.74 Å². The number of hydrogen-bond acceptors (Lipinski definition) is 3. The second-order valence-electron chi connectivity index (χ2n) is 6.06. The molecule has 2 unspecified atom stereocenters. The number of aliphatic hydroxyl groups is 1. The van der Waals surface area contributed by atoms with Crippen LogP contribution < -0.4 is 10.1 Å². The van der Waals surface area contributed by atoms with E-state index in [0.29, 0.717) is 24.6 Å². The normalized spacial score (nSPS) is 20.3. The Morgan fingerprint density at radius 1 is 1.48 bits per heavy atom. The summed E-state index contributed by atoms with van der Waals surface area (Å²) in [5.41, 5.74) is 0.448. The number of urea groups is 1. The van der Waals surface area contributed by atoms with Crippen molar-refractivity contribution in [1.82, 2.24) is 4.90 Å². The summed E-state index contributed by atoms with van der Waals surface area (Å²) in [6.45, 7) is 2.91.